The summed E-state index contributed by atoms with van der Waals surface area (Å²) in [6.07, 6.45) is 0. The standard InChI is InChI=1S/C17H13N3/c1-12-9-17(15-7-2-3-8-16(15)19-12)20-14-6-4-5-13(10-14)11-18/h2-10H,1H3,(H,19,20). The highest BCUT2D eigenvalue weighted by molar-refractivity contribution is 5.93. The number of hydrogen-bond acceptors (Lipinski definition) is 3. The zero-order chi connectivity index (χ0) is 13.9. The van der Waals surface area contributed by atoms with Gasteiger partial charge in [0.05, 0.1) is 17.1 Å². The van der Waals surface area contributed by atoms with Gasteiger partial charge in [0, 0.05) is 22.5 Å². The Balaban J connectivity index is 2.08. The Morgan fingerprint density at radius 1 is 1.05 bits per heavy atom. The number of aromatic nitrogens is 1. The van der Waals surface area contributed by atoms with Gasteiger partial charge in [0.1, 0.15) is 0 Å². The second-order valence-corrected chi connectivity index (χ2v) is 4.65. The van der Waals surface area contributed by atoms with Crippen LogP contribution in [-0.2, 0) is 0 Å². The molecule has 1 N–H and O–H groups in total. The van der Waals surface area contributed by atoms with E-state index in [1.54, 1.807) is 6.07 Å². The predicted molar refractivity (Wildman–Crippen MR) is 80.9 cm³/mol. The Kier molecular flexibility index (Phi) is 3.06. The van der Waals surface area contributed by atoms with Crippen LogP contribution in [0.1, 0.15) is 11.3 Å². The third-order valence-corrected chi connectivity index (χ3v) is 3.11. The zero-order valence-corrected chi connectivity index (χ0v) is 11.1. The van der Waals surface area contributed by atoms with E-state index in [2.05, 4.69) is 16.4 Å². The van der Waals surface area contributed by atoms with E-state index >= 15 is 0 Å². The molecule has 0 spiro atoms. The van der Waals surface area contributed by atoms with E-state index in [4.69, 9.17) is 5.26 Å². The molecule has 0 amide bonds. The van der Waals surface area contributed by atoms with Crippen molar-refractivity contribution in [2.24, 2.45) is 0 Å². The first-order valence-electron chi connectivity index (χ1n) is 6.40. The van der Waals surface area contributed by atoms with Gasteiger partial charge < -0.3 is 5.32 Å². The second kappa shape index (κ2) is 5.02. The van der Waals surface area contributed by atoms with Crippen LogP contribution in [0, 0.1) is 18.3 Å². The zero-order valence-electron chi connectivity index (χ0n) is 11.1. The van der Waals surface area contributed by atoms with Gasteiger partial charge >= 0.3 is 0 Å². The molecule has 0 saturated carbocycles. The summed E-state index contributed by atoms with van der Waals surface area (Å²) in [5.74, 6) is 0. The summed E-state index contributed by atoms with van der Waals surface area (Å²) in [7, 11) is 0. The first kappa shape index (κ1) is 12.2. The second-order valence-electron chi connectivity index (χ2n) is 4.65. The van der Waals surface area contributed by atoms with Crippen molar-refractivity contribution in [3.63, 3.8) is 0 Å². The number of aryl methyl sites for hydroxylation is 1. The number of benzene rings is 2. The van der Waals surface area contributed by atoms with Crippen molar-refractivity contribution in [1.29, 1.82) is 5.26 Å². The molecule has 0 saturated heterocycles. The van der Waals surface area contributed by atoms with Crippen LogP contribution in [0.4, 0.5) is 11.4 Å². The molecule has 0 atom stereocenters. The van der Waals surface area contributed by atoms with Crippen LogP contribution >= 0.6 is 0 Å². The average molecular weight is 259 g/mol. The molecule has 3 rings (SSSR count). The third-order valence-electron chi connectivity index (χ3n) is 3.11. The van der Waals surface area contributed by atoms with Crippen LogP contribution in [0.25, 0.3) is 10.9 Å². The van der Waals surface area contributed by atoms with Crippen LogP contribution in [-0.4, -0.2) is 4.98 Å². The molecule has 0 bridgehead atoms. The SMILES string of the molecule is Cc1cc(Nc2cccc(C#N)c2)c2ccccc2n1. The van der Waals surface area contributed by atoms with E-state index in [0.29, 0.717) is 5.56 Å². The summed E-state index contributed by atoms with van der Waals surface area (Å²) in [5.41, 5.74) is 4.47. The summed E-state index contributed by atoms with van der Waals surface area (Å²) in [6.45, 7) is 1.98. The average Bonchev–Trinajstić information content (AvgIpc) is 2.47. The van der Waals surface area contributed by atoms with E-state index in [0.717, 1.165) is 28.0 Å². The van der Waals surface area contributed by atoms with Crippen LogP contribution in [0.3, 0.4) is 0 Å². The summed E-state index contributed by atoms with van der Waals surface area (Å²) >= 11 is 0. The smallest absolute Gasteiger partial charge is 0.0992 e. The Morgan fingerprint density at radius 2 is 1.90 bits per heavy atom. The third kappa shape index (κ3) is 2.32. The molecule has 3 aromatic rings. The van der Waals surface area contributed by atoms with E-state index in [1.165, 1.54) is 0 Å². The first-order chi connectivity index (χ1) is 9.76. The van der Waals surface area contributed by atoms with Crippen molar-refractivity contribution in [2.45, 2.75) is 6.92 Å². The molecule has 0 unspecified atom stereocenters. The highest BCUT2D eigenvalue weighted by Gasteiger charge is 2.04. The fourth-order valence-electron chi connectivity index (χ4n) is 2.23. The number of nitrogens with one attached hydrogen (secondary N) is 1. The number of hydrogen-bond donors (Lipinski definition) is 1. The van der Waals surface area contributed by atoms with Crippen LogP contribution in [0.15, 0.2) is 54.6 Å². The van der Waals surface area contributed by atoms with Gasteiger partial charge in [-0.25, -0.2) is 0 Å². The van der Waals surface area contributed by atoms with E-state index in [1.807, 2.05) is 55.5 Å². The molecule has 0 fully saturated rings. The quantitative estimate of drug-likeness (QED) is 0.751. The summed E-state index contributed by atoms with van der Waals surface area (Å²) < 4.78 is 0. The Bertz CT molecular complexity index is 816. The molecule has 2 aromatic carbocycles. The minimum Gasteiger partial charge on any atom is -0.355 e. The largest absolute Gasteiger partial charge is 0.355 e. The highest BCUT2D eigenvalue weighted by Crippen LogP contribution is 2.26. The Labute approximate surface area is 117 Å². The lowest BCUT2D eigenvalue weighted by Crippen LogP contribution is -1.94. The van der Waals surface area contributed by atoms with Crippen molar-refractivity contribution in [3.05, 3.63) is 65.9 Å². The molecule has 0 aliphatic rings. The number of anilines is 2. The van der Waals surface area contributed by atoms with E-state index in [-0.39, 0.29) is 0 Å². The summed E-state index contributed by atoms with van der Waals surface area (Å²) in [6, 6.07) is 19.6. The van der Waals surface area contributed by atoms with Crippen molar-refractivity contribution >= 4 is 22.3 Å². The lowest BCUT2D eigenvalue weighted by molar-refractivity contribution is 1.25. The summed E-state index contributed by atoms with van der Waals surface area (Å²) in [5, 5.41) is 13.4. The summed E-state index contributed by atoms with van der Waals surface area (Å²) in [4.78, 5) is 4.52. The number of rotatable bonds is 2. The van der Waals surface area contributed by atoms with Gasteiger partial charge in [-0.2, -0.15) is 5.26 Å². The molecule has 96 valence electrons. The first-order valence-corrected chi connectivity index (χ1v) is 6.40. The Morgan fingerprint density at radius 3 is 2.75 bits per heavy atom. The molecule has 3 heteroatoms. The van der Waals surface area contributed by atoms with Crippen LogP contribution in [0.5, 0.6) is 0 Å². The molecule has 1 heterocycles. The predicted octanol–water partition coefficient (Wildman–Crippen LogP) is 4.16. The molecule has 20 heavy (non-hydrogen) atoms. The number of para-hydroxylation sites is 1. The van der Waals surface area contributed by atoms with Gasteiger partial charge in [-0.05, 0) is 37.3 Å². The monoisotopic (exact) mass is 259 g/mol. The topological polar surface area (TPSA) is 48.7 Å². The van der Waals surface area contributed by atoms with Gasteiger partial charge in [-0.1, -0.05) is 24.3 Å². The Hall–Kier alpha value is -2.86. The lowest BCUT2D eigenvalue weighted by atomic mass is 10.1. The molecule has 0 radical (unpaired) electrons. The molecular weight excluding hydrogens is 246 g/mol. The van der Waals surface area contributed by atoms with Gasteiger partial charge in [0.25, 0.3) is 0 Å². The van der Waals surface area contributed by atoms with Gasteiger partial charge in [-0.15, -0.1) is 0 Å². The maximum atomic E-state index is 8.96. The fraction of sp³-hybridized carbons (Fsp3) is 0.0588. The number of nitriles is 1. The molecule has 1 aromatic heterocycles. The number of pyridine rings is 1. The normalized spacial score (nSPS) is 10.2. The van der Waals surface area contributed by atoms with E-state index in [9.17, 15) is 0 Å². The molecular formula is C17H13N3. The maximum absolute atomic E-state index is 8.96. The van der Waals surface area contributed by atoms with Gasteiger partial charge in [0.2, 0.25) is 0 Å². The lowest BCUT2D eigenvalue weighted by Gasteiger charge is -2.11. The number of fused-ring (bicyclic) bond motifs is 1. The molecule has 3 nitrogen and oxygen atoms in total. The minimum atomic E-state index is 0.644. The van der Waals surface area contributed by atoms with Gasteiger partial charge in [0.15, 0.2) is 0 Å². The minimum absolute atomic E-state index is 0.644. The van der Waals surface area contributed by atoms with Crippen molar-refractivity contribution in [1.82, 2.24) is 4.98 Å². The molecule has 0 aliphatic carbocycles. The number of nitrogens with zero attached hydrogens (tertiary/aromatic N) is 2. The van der Waals surface area contributed by atoms with Crippen molar-refractivity contribution in [3.8, 4) is 6.07 Å². The highest BCUT2D eigenvalue weighted by atomic mass is 14.9. The van der Waals surface area contributed by atoms with Crippen molar-refractivity contribution < 1.29 is 0 Å². The maximum Gasteiger partial charge on any atom is 0.0992 e. The van der Waals surface area contributed by atoms with Gasteiger partial charge in [-0.3, -0.25) is 4.98 Å². The van der Waals surface area contributed by atoms with E-state index < -0.39 is 0 Å². The van der Waals surface area contributed by atoms with Crippen LogP contribution in [0.2, 0.25) is 0 Å². The van der Waals surface area contributed by atoms with Crippen LogP contribution < -0.4 is 5.32 Å². The molecule has 0 aliphatic heterocycles. The fourth-order valence-corrected chi connectivity index (χ4v) is 2.23. The van der Waals surface area contributed by atoms with Crippen molar-refractivity contribution in [2.75, 3.05) is 5.32 Å².